The molecule has 0 saturated carbocycles. The van der Waals surface area contributed by atoms with Crippen molar-refractivity contribution >= 4 is 46.5 Å². The smallest absolute Gasteiger partial charge is 0.179 e. The largest absolute Gasteiger partial charge is 0.312 e. The summed E-state index contributed by atoms with van der Waals surface area (Å²) in [6.07, 6.45) is 2.00. The van der Waals surface area contributed by atoms with Gasteiger partial charge in [0.05, 0.1) is 0 Å². The van der Waals surface area contributed by atoms with Crippen LogP contribution >= 0.6 is 46.5 Å². The van der Waals surface area contributed by atoms with Gasteiger partial charge < -0.3 is 5.32 Å². The number of hydrogen-bond acceptors (Lipinski definition) is 6. The lowest BCUT2D eigenvalue weighted by atomic mass is 10.2. The maximum absolute atomic E-state index is 6.35. The number of nitrogens with zero attached hydrogens (tertiary/aromatic N) is 2. The zero-order valence-corrected chi connectivity index (χ0v) is 15.4. The summed E-state index contributed by atoms with van der Waals surface area (Å²) < 4.78 is 1.93. The van der Waals surface area contributed by atoms with Crippen LogP contribution in [0.4, 0.5) is 0 Å². The van der Waals surface area contributed by atoms with Crippen molar-refractivity contribution in [2.75, 3.05) is 12.8 Å². The van der Waals surface area contributed by atoms with Crippen LogP contribution in [0.2, 0.25) is 5.02 Å². The first-order valence-corrected chi connectivity index (χ1v) is 9.86. The van der Waals surface area contributed by atoms with E-state index in [-0.39, 0.29) is 0 Å². The van der Waals surface area contributed by atoms with E-state index >= 15 is 0 Å². The Labute approximate surface area is 143 Å². The average Bonchev–Trinajstić information content (AvgIpc) is 2.88. The van der Waals surface area contributed by atoms with Gasteiger partial charge in [0.15, 0.2) is 8.68 Å². The molecule has 2 rings (SSSR count). The molecule has 0 amide bonds. The van der Waals surface area contributed by atoms with E-state index in [0.29, 0.717) is 5.92 Å². The Bertz CT molecular complexity index is 587. The van der Waals surface area contributed by atoms with Gasteiger partial charge in [-0.05, 0) is 36.4 Å². The van der Waals surface area contributed by atoms with Crippen LogP contribution in [0.15, 0.2) is 31.8 Å². The lowest BCUT2D eigenvalue weighted by Gasteiger charge is -2.09. The molecule has 1 aromatic heterocycles. The van der Waals surface area contributed by atoms with Crippen LogP contribution in [0, 0.1) is 5.92 Å². The van der Waals surface area contributed by atoms with Crippen molar-refractivity contribution in [1.29, 1.82) is 0 Å². The fraction of sp³-hybridized carbons (Fsp3) is 0.429. The molecule has 21 heavy (non-hydrogen) atoms. The van der Waals surface area contributed by atoms with Gasteiger partial charge in [0, 0.05) is 16.5 Å². The molecule has 1 N–H and O–H groups in total. The standard InChI is InChI=1S/C14H18ClN3S3/c1-9(2)7-16-8-10-4-5-11(6-12(10)15)20-14-18-17-13(19-3)21-14/h4-6,9,16H,7-8H2,1-3H3. The van der Waals surface area contributed by atoms with Crippen LogP contribution in [0.25, 0.3) is 0 Å². The van der Waals surface area contributed by atoms with Gasteiger partial charge in [-0.3, -0.25) is 0 Å². The van der Waals surface area contributed by atoms with Crippen LogP contribution < -0.4 is 5.32 Å². The van der Waals surface area contributed by atoms with Gasteiger partial charge in [-0.25, -0.2) is 0 Å². The van der Waals surface area contributed by atoms with Crippen molar-refractivity contribution < 1.29 is 0 Å². The van der Waals surface area contributed by atoms with Crippen LogP contribution in [-0.4, -0.2) is 23.0 Å². The third kappa shape index (κ3) is 5.45. The Balaban J connectivity index is 1.97. The highest BCUT2D eigenvalue weighted by Crippen LogP contribution is 2.34. The van der Waals surface area contributed by atoms with E-state index in [0.717, 1.165) is 37.3 Å². The average molecular weight is 360 g/mol. The Hall–Kier alpha value is -0.270. The van der Waals surface area contributed by atoms with Gasteiger partial charge in [0.2, 0.25) is 0 Å². The molecule has 1 aromatic carbocycles. The number of halogens is 1. The summed E-state index contributed by atoms with van der Waals surface area (Å²) in [7, 11) is 0. The highest BCUT2D eigenvalue weighted by molar-refractivity contribution is 8.03. The first kappa shape index (κ1) is 17.1. The van der Waals surface area contributed by atoms with Crippen molar-refractivity contribution in [2.24, 2.45) is 5.92 Å². The first-order chi connectivity index (χ1) is 10.1. The molecule has 0 aliphatic heterocycles. The molecular weight excluding hydrogens is 342 g/mol. The van der Waals surface area contributed by atoms with Crippen LogP contribution in [-0.2, 0) is 6.54 Å². The molecule has 0 aliphatic rings. The molecule has 2 aromatic rings. The monoisotopic (exact) mass is 359 g/mol. The molecule has 0 aliphatic carbocycles. The molecular formula is C14H18ClN3S3. The van der Waals surface area contributed by atoms with E-state index in [9.17, 15) is 0 Å². The first-order valence-electron chi connectivity index (χ1n) is 6.63. The zero-order chi connectivity index (χ0) is 15.2. The van der Waals surface area contributed by atoms with Crippen molar-refractivity contribution in [3.8, 4) is 0 Å². The summed E-state index contributed by atoms with van der Waals surface area (Å²) in [6, 6.07) is 6.16. The van der Waals surface area contributed by atoms with E-state index in [2.05, 4.69) is 41.5 Å². The van der Waals surface area contributed by atoms with Gasteiger partial charge in [0.1, 0.15) is 0 Å². The van der Waals surface area contributed by atoms with Crippen molar-refractivity contribution in [3.05, 3.63) is 28.8 Å². The van der Waals surface area contributed by atoms with E-state index in [1.54, 1.807) is 34.9 Å². The van der Waals surface area contributed by atoms with Gasteiger partial charge in [0.25, 0.3) is 0 Å². The topological polar surface area (TPSA) is 37.8 Å². The lowest BCUT2D eigenvalue weighted by molar-refractivity contribution is 0.552. The molecule has 0 fully saturated rings. The van der Waals surface area contributed by atoms with Crippen molar-refractivity contribution in [2.45, 2.75) is 34.0 Å². The third-order valence-corrected chi connectivity index (χ3v) is 5.95. The lowest BCUT2D eigenvalue weighted by Crippen LogP contribution is -2.19. The fourth-order valence-electron chi connectivity index (χ4n) is 1.65. The van der Waals surface area contributed by atoms with Crippen molar-refractivity contribution in [3.63, 3.8) is 0 Å². The molecule has 1 heterocycles. The molecule has 0 atom stereocenters. The van der Waals surface area contributed by atoms with E-state index in [1.165, 1.54) is 0 Å². The molecule has 114 valence electrons. The maximum atomic E-state index is 6.35. The number of hydrogen-bond donors (Lipinski definition) is 1. The molecule has 3 nitrogen and oxygen atoms in total. The van der Waals surface area contributed by atoms with Gasteiger partial charge >= 0.3 is 0 Å². The van der Waals surface area contributed by atoms with Gasteiger partial charge in [-0.2, -0.15) is 0 Å². The number of aromatic nitrogens is 2. The summed E-state index contributed by atoms with van der Waals surface area (Å²) in [5.74, 6) is 0.640. The highest BCUT2D eigenvalue weighted by atomic mass is 35.5. The molecule has 0 bridgehead atoms. The number of nitrogens with one attached hydrogen (secondary N) is 1. The minimum absolute atomic E-state index is 0.640. The summed E-state index contributed by atoms with van der Waals surface area (Å²) >= 11 is 11.2. The minimum atomic E-state index is 0.640. The number of benzene rings is 1. The summed E-state index contributed by atoms with van der Waals surface area (Å²) in [5.41, 5.74) is 1.13. The fourth-order valence-corrected chi connectivity index (χ4v) is 4.42. The molecule has 0 saturated heterocycles. The van der Waals surface area contributed by atoms with E-state index < -0.39 is 0 Å². The summed E-state index contributed by atoms with van der Waals surface area (Å²) in [5, 5.41) is 12.5. The Morgan fingerprint density at radius 2 is 2.05 bits per heavy atom. The number of rotatable bonds is 7. The van der Waals surface area contributed by atoms with E-state index in [4.69, 9.17) is 11.6 Å². The minimum Gasteiger partial charge on any atom is -0.312 e. The Morgan fingerprint density at radius 1 is 1.29 bits per heavy atom. The second-order valence-electron chi connectivity index (χ2n) is 4.92. The quantitative estimate of drug-likeness (QED) is 0.718. The van der Waals surface area contributed by atoms with Gasteiger partial charge in [-0.15, -0.1) is 10.2 Å². The summed E-state index contributed by atoms with van der Waals surface area (Å²) in [6.45, 7) is 6.19. The van der Waals surface area contributed by atoms with Crippen molar-refractivity contribution in [1.82, 2.24) is 15.5 Å². The number of thioether (sulfide) groups is 1. The Morgan fingerprint density at radius 3 is 2.67 bits per heavy atom. The van der Waals surface area contributed by atoms with Crippen LogP contribution in [0.3, 0.4) is 0 Å². The van der Waals surface area contributed by atoms with Gasteiger partial charge in [-0.1, -0.05) is 66.4 Å². The maximum Gasteiger partial charge on any atom is 0.179 e. The zero-order valence-electron chi connectivity index (χ0n) is 12.2. The SMILES string of the molecule is CSc1nnc(Sc2ccc(CNCC(C)C)c(Cl)c2)s1. The molecule has 0 radical (unpaired) electrons. The third-order valence-electron chi connectivity index (χ3n) is 2.66. The summed E-state index contributed by atoms with van der Waals surface area (Å²) in [4.78, 5) is 1.09. The predicted molar refractivity (Wildman–Crippen MR) is 93.8 cm³/mol. The van der Waals surface area contributed by atoms with Crippen LogP contribution in [0.5, 0.6) is 0 Å². The Kier molecular flexibility index (Phi) is 6.82. The van der Waals surface area contributed by atoms with Crippen LogP contribution in [0.1, 0.15) is 19.4 Å². The second kappa shape index (κ2) is 8.39. The van der Waals surface area contributed by atoms with E-state index in [1.807, 2.05) is 12.3 Å². The molecule has 0 spiro atoms. The normalized spacial score (nSPS) is 11.3. The molecule has 0 unspecified atom stereocenters. The molecule has 7 heteroatoms. The second-order valence-corrected chi connectivity index (χ2v) is 8.68. The highest BCUT2D eigenvalue weighted by Gasteiger charge is 2.08. The predicted octanol–water partition coefficient (Wildman–Crippen LogP) is 4.81.